The van der Waals surface area contributed by atoms with Crippen LogP contribution in [0.2, 0.25) is 5.28 Å². The van der Waals surface area contributed by atoms with Gasteiger partial charge in [0.1, 0.15) is 0 Å². The SMILES string of the molecule is Cc1cccc2c(-c3ccnc(Cl)n3)cn(C)c12. The molecule has 2 aromatic heterocycles. The molecule has 3 rings (SSSR count). The Bertz CT molecular complexity index is 731. The van der Waals surface area contributed by atoms with Crippen LogP contribution in [0.5, 0.6) is 0 Å². The first-order valence-corrected chi connectivity index (χ1v) is 6.08. The topological polar surface area (TPSA) is 30.7 Å². The summed E-state index contributed by atoms with van der Waals surface area (Å²) in [6.07, 6.45) is 3.76. The quantitative estimate of drug-likeness (QED) is 0.624. The summed E-state index contributed by atoms with van der Waals surface area (Å²) in [5.41, 5.74) is 4.41. The first-order chi connectivity index (χ1) is 8.66. The molecular weight excluding hydrogens is 246 g/mol. The highest BCUT2D eigenvalue weighted by Crippen LogP contribution is 2.30. The Kier molecular flexibility index (Phi) is 2.56. The largest absolute Gasteiger partial charge is 0.350 e. The van der Waals surface area contributed by atoms with Gasteiger partial charge in [-0.3, -0.25) is 0 Å². The normalized spacial score (nSPS) is 11.1. The van der Waals surface area contributed by atoms with Crippen LogP contribution in [0.4, 0.5) is 0 Å². The Balaban J connectivity index is 2.34. The fraction of sp³-hybridized carbons (Fsp3) is 0.143. The Morgan fingerprint density at radius 2 is 2.06 bits per heavy atom. The lowest BCUT2D eigenvalue weighted by atomic mass is 10.1. The maximum absolute atomic E-state index is 5.85. The standard InChI is InChI=1S/C14H12ClN3/c1-9-4-3-5-10-11(8-18(2)13(9)10)12-6-7-16-14(15)17-12/h3-8H,1-2H3. The van der Waals surface area contributed by atoms with Crippen molar-refractivity contribution in [3.05, 3.63) is 47.5 Å². The minimum Gasteiger partial charge on any atom is -0.350 e. The number of fused-ring (bicyclic) bond motifs is 1. The summed E-state index contributed by atoms with van der Waals surface area (Å²) < 4.78 is 2.12. The lowest BCUT2D eigenvalue weighted by molar-refractivity contribution is 0.964. The minimum atomic E-state index is 0.275. The first kappa shape index (κ1) is 11.2. The summed E-state index contributed by atoms with van der Waals surface area (Å²) in [5.74, 6) is 0. The van der Waals surface area contributed by atoms with Crippen LogP contribution < -0.4 is 0 Å². The lowest BCUT2D eigenvalue weighted by Crippen LogP contribution is -1.86. The van der Waals surface area contributed by atoms with Gasteiger partial charge in [-0.1, -0.05) is 18.2 Å². The Morgan fingerprint density at radius 1 is 1.22 bits per heavy atom. The van der Waals surface area contributed by atoms with Gasteiger partial charge in [0, 0.05) is 30.4 Å². The van der Waals surface area contributed by atoms with Gasteiger partial charge < -0.3 is 4.57 Å². The molecule has 0 amide bonds. The van der Waals surface area contributed by atoms with Gasteiger partial charge in [0.2, 0.25) is 5.28 Å². The Morgan fingerprint density at radius 3 is 2.83 bits per heavy atom. The van der Waals surface area contributed by atoms with Crippen molar-refractivity contribution < 1.29 is 0 Å². The molecule has 0 fully saturated rings. The summed E-state index contributed by atoms with van der Waals surface area (Å²) in [4.78, 5) is 8.19. The predicted octanol–water partition coefficient (Wildman–Crippen LogP) is 3.60. The molecule has 0 saturated carbocycles. The van der Waals surface area contributed by atoms with E-state index in [4.69, 9.17) is 11.6 Å². The van der Waals surface area contributed by atoms with E-state index in [1.165, 1.54) is 16.5 Å². The van der Waals surface area contributed by atoms with Crippen molar-refractivity contribution in [1.82, 2.24) is 14.5 Å². The highest BCUT2D eigenvalue weighted by atomic mass is 35.5. The summed E-state index contributed by atoms with van der Waals surface area (Å²) >= 11 is 5.85. The van der Waals surface area contributed by atoms with Crippen LogP contribution >= 0.6 is 11.6 Å². The Labute approximate surface area is 110 Å². The number of nitrogens with zero attached hydrogens (tertiary/aromatic N) is 3. The van der Waals surface area contributed by atoms with Gasteiger partial charge in [-0.25, -0.2) is 9.97 Å². The van der Waals surface area contributed by atoms with Crippen molar-refractivity contribution in [1.29, 1.82) is 0 Å². The second-order valence-corrected chi connectivity index (χ2v) is 4.67. The van der Waals surface area contributed by atoms with Crippen molar-refractivity contribution in [2.45, 2.75) is 6.92 Å². The number of halogens is 1. The number of hydrogen-bond donors (Lipinski definition) is 0. The third-order valence-corrected chi connectivity index (χ3v) is 3.29. The molecule has 4 heteroatoms. The van der Waals surface area contributed by atoms with Gasteiger partial charge in [0.15, 0.2) is 0 Å². The van der Waals surface area contributed by atoms with E-state index in [-0.39, 0.29) is 5.28 Å². The third kappa shape index (κ3) is 1.68. The molecule has 0 aliphatic rings. The van der Waals surface area contributed by atoms with Crippen molar-refractivity contribution >= 4 is 22.5 Å². The monoisotopic (exact) mass is 257 g/mol. The fourth-order valence-corrected chi connectivity index (χ4v) is 2.51. The van der Waals surface area contributed by atoms with Crippen LogP contribution in [0.15, 0.2) is 36.7 Å². The van der Waals surface area contributed by atoms with Crippen LogP contribution in [0.25, 0.3) is 22.2 Å². The molecule has 3 aromatic rings. The number of rotatable bonds is 1. The molecule has 0 unspecified atom stereocenters. The Hall–Kier alpha value is -1.87. The lowest BCUT2D eigenvalue weighted by Gasteiger charge is -2.00. The van der Waals surface area contributed by atoms with Crippen LogP contribution in [-0.2, 0) is 7.05 Å². The van der Waals surface area contributed by atoms with Crippen molar-refractivity contribution in [3.8, 4) is 11.3 Å². The van der Waals surface area contributed by atoms with Crippen LogP contribution in [-0.4, -0.2) is 14.5 Å². The first-order valence-electron chi connectivity index (χ1n) is 5.70. The second-order valence-electron chi connectivity index (χ2n) is 4.34. The maximum Gasteiger partial charge on any atom is 0.222 e. The molecule has 1 aromatic carbocycles. The van der Waals surface area contributed by atoms with Gasteiger partial charge in [-0.2, -0.15) is 0 Å². The zero-order valence-corrected chi connectivity index (χ0v) is 10.9. The summed E-state index contributed by atoms with van der Waals surface area (Å²) in [6.45, 7) is 2.11. The zero-order chi connectivity index (χ0) is 12.7. The van der Waals surface area contributed by atoms with Crippen LogP contribution in [0, 0.1) is 6.92 Å². The van der Waals surface area contributed by atoms with E-state index in [1.807, 2.05) is 13.1 Å². The number of benzene rings is 1. The number of para-hydroxylation sites is 1. The molecule has 0 N–H and O–H groups in total. The smallest absolute Gasteiger partial charge is 0.222 e. The van der Waals surface area contributed by atoms with Crippen LogP contribution in [0.1, 0.15) is 5.56 Å². The summed E-state index contributed by atoms with van der Waals surface area (Å²) in [6, 6.07) is 8.15. The van der Waals surface area contributed by atoms with E-state index in [1.54, 1.807) is 6.20 Å². The highest BCUT2D eigenvalue weighted by Gasteiger charge is 2.11. The van der Waals surface area contributed by atoms with Gasteiger partial charge in [0.25, 0.3) is 0 Å². The molecule has 3 nitrogen and oxygen atoms in total. The molecule has 0 aliphatic heterocycles. The molecule has 18 heavy (non-hydrogen) atoms. The highest BCUT2D eigenvalue weighted by molar-refractivity contribution is 6.28. The van der Waals surface area contributed by atoms with Crippen molar-refractivity contribution in [2.75, 3.05) is 0 Å². The fourth-order valence-electron chi connectivity index (χ4n) is 2.36. The van der Waals surface area contributed by atoms with E-state index < -0.39 is 0 Å². The number of hydrogen-bond acceptors (Lipinski definition) is 2. The van der Waals surface area contributed by atoms with Gasteiger partial charge in [-0.15, -0.1) is 0 Å². The van der Waals surface area contributed by atoms with E-state index in [0.717, 1.165) is 11.3 Å². The van der Waals surface area contributed by atoms with E-state index in [2.05, 4.69) is 45.9 Å². The average molecular weight is 258 g/mol. The molecule has 0 bridgehead atoms. The van der Waals surface area contributed by atoms with E-state index in [9.17, 15) is 0 Å². The zero-order valence-electron chi connectivity index (χ0n) is 10.2. The van der Waals surface area contributed by atoms with Crippen LogP contribution in [0.3, 0.4) is 0 Å². The number of aryl methyl sites for hydroxylation is 2. The second kappa shape index (κ2) is 4.10. The van der Waals surface area contributed by atoms with E-state index in [0.29, 0.717) is 0 Å². The van der Waals surface area contributed by atoms with Crippen molar-refractivity contribution in [3.63, 3.8) is 0 Å². The molecule has 0 saturated heterocycles. The molecule has 2 heterocycles. The molecule has 0 radical (unpaired) electrons. The summed E-state index contributed by atoms with van der Waals surface area (Å²) in [7, 11) is 2.04. The van der Waals surface area contributed by atoms with Gasteiger partial charge in [-0.05, 0) is 30.2 Å². The maximum atomic E-state index is 5.85. The number of aromatic nitrogens is 3. The van der Waals surface area contributed by atoms with Gasteiger partial charge >= 0.3 is 0 Å². The average Bonchev–Trinajstić information content (AvgIpc) is 2.68. The molecule has 90 valence electrons. The van der Waals surface area contributed by atoms with Crippen molar-refractivity contribution in [2.24, 2.45) is 7.05 Å². The molecule has 0 aliphatic carbocycles. The third-order valence-electron chi connectivity index (χ3n) is 3.11. The minimum absolute atomic E-state index is 0.275. The molecular formula is C14H12ClN3. The van der Waals surface area contributed by atoms with E-state index >= 15 is 0 Å². The summed E-state index contributed by atoms with van der Waals surface area (Å²) in [5, 5.41) is 1.46. The predicted molar refractivity (Wildman–Crippen MR) is 73.7 cm³/mol. The molecule has 0 atom stereocenters. The van der Waals surface area contributed by atoms with Gasteiger partial charge in [0.05, 0.1) is 11.2 Å². The molecule has 0 spiro atoms.